The number of nitrogens with two attached hydrogens (primary N) is 1. The maximum absolute atomic E-state index is 5.75. The molecule has 62 valence electrons. The first-order valence-electron chi connectivity index (χ1n) is 4.01. The average molecular weight is 161 g/mol. The fourth-order valence-electron chi connectivity index (χ4n) is 1.41. The predicted molar refractivity (Wildman–Crippen MR) is 49.8 cm³/mol. The molecule has 0 amide bonds. The quantitative estimate of drug-likeness (QED) is 0.691. The van der Waals surface area contributed by atoms with E-state index in [1.165, 1.54) is 0 Å². The van der Waals surface area contributed by atoms with Crippen LogP contribution in [0.1, 0.15) is 6.92 Å². The van der Waals surface area contributed by atoms with E-state index in [4.69, 9.17) is 5.73 Å². The number of hydrogen-bond donors (Lipinski definition) is 1. The average Bonchev–Trinajstić information content (AvgIpc) is 2.49. The Hall–Kier alpha value is -1.51. The van der Waals surface area contributed by atoms with Crippen molar-refractivity contribution in [2.45, 2.75) is 13.5 Å². The van der Waals surface area contributed by atoms with E-state index in [2.05, 4.69) is 16.5 Å². The van der Waals surface area contributed by atoms with Crippen molar-refractivity contribution in [3.05, 3.63) is 24.7 Å². The minimum Gasteiger partial charge on any atom is -0.397 e. The summed E-state index contributed by atoms with van der Waals surface area (Å²) in [5.74, 6) is 0. The number of aromatic nitrogens is 2. The lowest BCUT2D eigenvalue weighted by Crippen LogP contribution is -1.92. The molecule has 0 saturated heterocycles. The van der Waals surface area contributed by atoms with Gasteiger partial charge in [0.1, 0.15) is 0 Å². The number of fused-ring (bicyclic) bond motifs is 1. The Labute approximate surface area is 70.8 Å². The molecule has 3 nitrogen and oxygen atoms in total. The molecule has 0 aliphatic carbocycles. The molecule has 12 heavy (non-hydrogen) atoms. The number of nitrogens with zero attached hydrogens (tertiary/aromatic N) is 2. The van der Waals surface area contributed by atoms with Gasteiger partial charge in [0.05, 0.1) is 23.6 Å². The van der Waals surface area contributed by atoms with Crippen LogP contribution in [0, 0.1) is 0 Å². The lowest BCUT2D eigenvalue weighted by atomic mass is 10.3. The van der Waals surface area contributed by atoms with Gasteiger partial charge < -0.3 is 10.3 Å². The van der Waals surface area contributed by atoms with E-state index < -0.39 is 0 Å². The summed E-state index contributed by atoms with van der Waals surface area (Å²) in [7, 11) is 0. The molecule has 0 aliphatic heterocycles. The molecule has 0 unspecified atom stereocenters. The molecule has 0 radical (unpaired) electrons. The van der Waals surface area contributed by atoms with Crippen molar-refractivity contribution in [2.75, 3.05) is 5.73 Å². The summed E-state index contributed by atoms with van der Waals surface area (Å²) >= 11 is 0. The molecule has 0 bridgehead atoms. The van der Waals surface area contributed by atoms with Crippen LogP contribution in [0.2, 0.25) is 0 Å². The van der Waals surface area contributed by atoms with Crippen LogP contribution in [0.4, 0.5) is 5.69 Å². The van der Waals surface area contributed by atoms with Crippen molar-refractivity contribution < 1.29 is 0 Å². The topological polar surface area (TPSA) is 43.8 Å². The molecule has 0 fully saturated rings. The van der Waals surface area contributed by atoms with Gasteiger partial charge in [-0.3, -0.25) is 4.98 Å². The van der Waals surface area contributed by atoms with Crippen molar-refractivity contribution in [3.63, 3.8) is 0 Å². The largest absolute Gasteiger partial charge is 0.397 e. The molecule has 2 aromatic rings. The van der Waals surface area contributed by atoms with Crippen molar-refractivity contribution in [3.8, 4) is 0 Å². The molecular formula is C9H11N3. The Morgan fingerprint density at radius 1 is 1.50 bits per heavy atom. The highest BCUT2D eigenvalue weighted by atomic mass is 15.0. The van der Waals surface area contributed by atoms with E-state index in [1.807, 2.05) is 18.5 Å². The maximum atomic E-state index is 5.75. The number of aryl methyl sites for hydroxylation is 1. The van der Waals surface area contributed by atoms with Crippen LogP contribution < -0.4 is 5.73 Å². The Morgan fingerprint density at radius 2 is 2.33 bits per heavy atom. The van der Waals surface area contributed by atoms with Crippen LogP contribution in [0.15, 0.2) is 24.7 Å². The first kappa shape index (κ1) is 7.16. The summed E-state index contributed by atoms with van der Waals surface area (Å²) < 4.78 is 2.12. The number of anilines is 1. The molecule has 2 aromatic heterocycles. The van der Waals surface area contributed by atoms with Gasteiger partial charge in [-0.1, -0.05) is 0 Å². The van der Waals surface area contributed by atoms with Crippen LogP contribution >= 0.6 is 0 Å². The third-order valence-corrected chi connectivity index (χ3v) is 2.07. The molecule has 0 spiro atoms. The molecule has 0 saturated carbocycles. The molecular weight excluding hydrogens is 150 g/mol. The fraction of sp³-hybridized carbons (Fsp3) is 0.222. The Bertz CT molecular complexity index is 403. The normalized spacial score (nSPS) is 10.8. The molecule has 0 atom stereocenters. The van der Waals surface area contributed by atoms with Crippen molar-refractivity contribution in [1.29, 1.82) is 0 Å². The number of hydrogen-bond acceptors (Lipinski definition) is 2. The zero-order valence-electron chi connectivity index (χ0n) is 6.99. The van der Waals surface area contributed by atoms with Crippen molar-refractivity contribution >= 4 is 16.6 Å². The van der Waals surface area contributed by atoms with E-state index in [0.29, 0.717) is 0 Å². The summed E-state index contributed by atoms with van der Waals surface area (Å²) in [5.41, 5.74) is 7.61. The Morgan fingerprint density at radius 3 is 3.08 bits per heavy atom. The number of pyridine rings is 1. The van der Waals surface area contributed by atoms with Crippen molar-refractivity contribution in [1.82, 2.24) is 9.55 Å². The summed E-state index contributed by atoms with van der Waals surface area (Å²) in [6, 6.07) is 2.02. The monoisotopic (exact) mass is 161 g/mol. The maximum Gasteiger partial charge on any atom is 0.0687 e. The van der Waals surface area contributed by atoms with Gasteiger partial charge in [0.25, 0.3) is 0 Å². The third kappa shape index (κ3) is 0.863. The van der Waals surface area contributed by atoms with E-state index in [1.54, 1.807) is 6.20 Å². The van der Waals surface area contributed by atoms with Gasteiger partial charge >= 0.3 is 0 Å². The zero-order chi connectivity index (χ0) is 8.55. The van der Waals surface area contributed by atoms with Crippen LogP contribution in [0.25, 0.3) is 10.9 Å². The highest BCUT2D eigenvalue weighted by Gasteiger charge is 2.01. The van der Waals surface area contributed by atoms with Gasteiger partial charge in [-0.15, -0.1) is 0 Å². The van der Waals surface area contributed by atoms with E-state index in [0.717, 1.165) is 23.1 Å². The molecule has 3 heteroatoms. The minimum absolute atomic E-state index is 0.750. The lowest BCUT2D eigenvalue weighted by Gasteiger charge is -1.99. The minimum atomic E-state index is 0.750. The number of rotatable bonds is 1. The van der Waals surface area contributed by atoms with Gasteiger partial charge in [0.15, 0.2) is 0 Å². The highest BCUT2D eigenvalue weighted by Crippen LogP contribution is 2.19. The van der Waals surface area contributed by atoms with Gasteiger partial charge in [-0.2, -0.15) is 0 Å². The van der Waals surface area contributed by atoms with Crippen LogP contribution in [-0.4, -0.2) is 9.55 Å². The predicted octanol–water partition coefficient (Wildman–Crippen LogP) is 1.64. The Kier molecular flexibility index (Phi) is 1.50. The lowest BCUT2D eigenvalue weighted by molar-refractivity contribution is 0.796. The van der Waals surface area contributed by atoms with E-state index in [9.17, 15) is 0 Å². The Balaban J connectivity index is 2.80. The molecule has 2 rings (SSSR count). The van der Waals surface area contributed by atoms with E-state index >= 15 is 0 Å². The summed E-state index contributed by atoms with van der Waals surface area (Å²) in [5, 5.41) is 1.09. The van der Waals surface area contributed by atoms with Crippen LogP contribution in [0.3, 0.4) is 0 Å². The van der Waals surface area contributed by atoms with Crippen LogP contribution in [-0.2, 0) is 6.54 Å². The SMILES string of the molecule is CCn1ccc2c(N)cncc21. The molecule has 0 aromatic carbocycles. The smallest absolute Gasteiger partial charge is 0.0687 e. The zero-order valence-corrected chi connectivity index (χ0v) is 6.99. The van der Waals surface area contributed by atoms with Gasteiger partial charge in [-0.25, -0.2) is 0 Å². The second kappa shape index (κ2) is 2.52. The van der Waals surface area contributed by atoms with Crippen LogP contribution in [0.5, 0.6) is 0 Å². The number of nitrogen functional groups attached to an aromatic ring is 1. The van der Waals surface area contributed by atoms with Gasteiger partial charge in [-0.05, 0) is 13.0 Å². The molecule has 2 N–H and O–H groups in total. The second-order valence-electron chi connectivity index (χ2n) is 2.76. The first-order chi connectivity index (χ1) is 5.83. The fourth-order valence-corrected chi connectivity index (χ4v) is 1.41. The standard InChI is InChI=1S/C9H11N3/c1-2-12-4-3-7-8(10)5-11-6-9(7)12/h3-6H,2,10H2,1H3. The van der Waals surface area contributed by atoms with Gasteiger partial charge in [0.2, 0.25) is 0 Å². The van der Waals surface area contributed by atoms with Gasteiger partial charge in [0, 0.05) is 18.1 Å². The summed E-state index contributed by atoms with van der Waals surface area (Å²) in [6.45, 7) is 3.05. The van der Waals surface area contributed by atoms with Crippen molar-refractivity contribution in [2.24, 2.45) is 0 Å². The highest BCUT2D eigenvalue weighted by molar-refractivity contribution is 5.90. The third-order valence-electron chi connectivity index (χ3n) is 2.07. The summed E-state index contributed by atoms with van der Waals surface area (Å²) in [6.07, 6.45) is 5.56. The first-order valence-corrected chi connectivity index (χ1v) is 4.01. The summed E-state index contributed by atoms with van der Waals surface area (Å²) in [4.78, 5) is 4.05. The second-order valence-corrected chi connectivity index (χ2v) is 2.76. The van der Waals surface area contributed by atoms with E-state index in [-0.39, 0.29) is 0 Å². The molecule has 0 aliphatic rings. The molecule has 2 heterocycles.